The third-order valence-electron chi connectivity index (χ3n) is 5.39. The maximum atomic E-state index is 13.5. The molecule has 3 aromatic carbocycles. The number of halogens is 2. The van der Waals surface area contributed by atoms with E-state index in [4.69, 9.17) is 21.3 Å². The van der Waals surface area contributed by atoms with Crippen LogP contribution in [0.4, 0.5) is 10.1 Å². The first-order chi connectivity index (χ1) is 16.1. The monoisotopic (exact) mass is 474 g/mol. The first-order valence-electron chi connectivity index (χ1n) is 10.6. The number of aliphatic imine (C=N–C) groups is 1. The molecule has 164 valence electrons. The van der Waals surface area contributed by atoms with E-state index < -0.39 is 0 Å². The van der Waals surface area contributed by atoms with Crippen LogP contribution in [-0.2, 0) is 6.61 Å². The van der Waals surface area contributed by atoms with Crippen molar-refractivity contribution in [3.8, 4) is 5.75 Å². The average Bonchev–Trinajstić information content (AvgIpc) is 3.04. The van der Waals surface area contributed by atoms with E-state index in [2.05, 4.69) is 11.1 Å². The fourth-order valence-corrected chi connectivity index (χ4v) is 5.00. The van der Waals surface area contributed by atoms with Gasteiger partial charge in [0, 0.05) is 34.0 Å². The van der Waals surface area contributed by atoms with Crippen LogP contribution in [0, 0.1) is 5.82 Å². The lowest BCUT2D eigenvalue weighted by Gasteiger charge is -2.16. The highest BCUT2D eigenvalue weighted by molar-refractivity contribution is 7.99. The second-order valence-electron chi connectivity index (χ2n) is 7.69. The summed E-state index contributed by atoms with van der Waals surface area (Å²) in [5.41, 5.74) is 5.03. The molecule has 0 N–H and O–H groups in total. The molecule has 0 saturated heterocycles. The number of aromatic nitrogens is 1. The Morgan fingerprint density at radius 2 is 1.73 bits per heavy atom. The molecule has 3 nitrogen and oxygen atoms in total. The van der Waals surface area contributed by atoms with Crippen LogP contribution in [-0.4, -0.2) is 10.7 Å². The molecule has 1 aliphatic rings. The Kier molecular flexibility index (Phi) is 6.42. The average molecular weight is 475 g/mol. The smallest absolute Gasteiger partial charge is 0.129 e. The lowest BCUT2D eigenvalue weighted by Crippen LogP contribution is -2.05. The SMILES string of the molecule is Fc1ccc(C2CC(c3ccc(OCc4ccc(Cl)nc4)cc3)=Nc3ccccc3S2)cc1. The van der Waals surface area contributed by atoms with Crippen molar-refractivity contribution in [2.75, 3.05) is 0 Å². The summed E-state index contributed by atoms with van der Waals surface area (Å²) in [5, 5.41) is 0.604. The predicted octanol–water partition coefficient (Wildman–Crippen LogP) is 7.81. The van der Waals surface area contributed by atoms with Gasteiger partial charge in [0.05, 0.1) is 5.69 Å². The second-order valence-corrected chi connectivity index (χ2v) is 9.32. The number of thioether (sulfide) groups is 1. The number of rotatable bonds is 5. The summed E-state index contributed by atoms with van der Waals surface area (Å²) < 4.78 is 19.4. The van der Waals surface area contributed by atoms with Gasteiger partial charge in [-0.25, -0.2) is 9.37 Å². The number of ether oxygens (including phenoxy) is 1. The highest BCUT2D eigenvalue weighted by atomic mass is 35.5. The van der Waals surface area contributed by atoms with Gasteiger partial charge in [-0.2, -0.15) is 0 Å². The van der Waals surface area contributed by atoms with Crippen LogP contribution in [0.5, 0.6) is 5.75 Å². The van der Waals surface area contributed by atoms with Crippen molar-refractivity contribution in [1.82, 2.24) is 4.98 Å². The van der Waals surface area contributed by atoms with E-state index in [-0.39, 0.29) is 11.1 Å². The maximum Gasteiger partial charge on any atom is 0.129 e. The Morgan fingerprint density at radius 1 is 0.939 bits per heavy atom. The third kappa shape index (κ3) is 5.27. The highest BCUT2D eigenvalue weighted by Gasteiger charge is 2.22. The van der Waals surface area contributed by atoms with Gasteiger partial charge in [-0.1, -0.05) is 41.9 Å². The summed E-state index contributed by atoms with van der Waals surface area (Å²) in [6.07, 6.45) is 2.45. The van der Waals surface area contributed by atoms with Crippen molar-refractivity contribution < 1.29 is 9.13 Å². The second kappa shape index (κ2) is 9.77. The largest absolute Gasteiger partial charge is 0.489 e. The van der Waals surface area contributed by atoms with Crippen LogP contribution in [0.15, 0.2) is 101 Å². The van der Waals surface area contributed by atoms with Gasteiger partial charge in [-0.15, -0.1) is 11.8 Å². The molecule has 0 radical (unpaired) electrons. The Bertz CT molecular complexity index is 1280. The number of hydrogen-bond donors (Lipinski definition) is 0. The molecule has 6 heteroatoms. The molecule has 0 spiro atoms. The molecule has 0 bridgehead atoms. The number of pyridine rings is 1. The molecule has 2 heterocycles. The van der Waals surface area contributed by atoms with Gasteiger partial charge in [0.1, 0.15) is 23.3 Å². The minimum atomic E-state index is -0.225. The van der Waals surface area contributed by atoms with Gasteiger partial charge in [-0.05, 0) is 65.7 Å². The van der Waals surface area contributed by atoms with Gasteiger partial charge < -0.3 is 4.74 Å². The summed E-state index contributed by atoms with van der Waals surface area (Å²) in [4.78, 5) is 10.2. The van der Waals surface area contributed by atoms with Gasteiger partial charge in [0.15, 0.2) is 0 Å². The Labute approximate surface area is 201 Å². The summed E-state index contributed by atoms with van der Waals surface area (Å²) >= 11 is 7.61. The van der Waals surface area contributed by atoms with Gasteiger partial charge in [-0.3, -0.25) is 4.99 Å². The van der Waals surface area contributed by atoms with E-state index in [0.717, 1.165) is 45.2 Å². The summed E-state index contributed by atoms with van der Waals surface area (Å²) in [6.45, 7) is 0.418. The van der Waals surface area contributed by atoms with Crippen LogP contribution < -0.4 is 4.74 Å². The van der Waals surface area contributed by atoms with E-state index in [1.54, 1.807) is 24.0 Å². The van der Waals surface area contributed by atoms with Crippen LogP contribution in [0.25, 0.3) is 0 Å². The van der Waals surface area contributed by atoms with Gasteiger partial charge >= 0.3 is 0 Å². The molecule has 1 atom stereocenters. The normalized spacial score (nSPS) is 15.3. The van der Waals surface area contributed by atoms with Crippen LogP contribution >= 0.6 is 23.4 Å². The van der Waals surface area contributed by atoms with Crippen LogP contribution in [0.3, 0.4) is 0 Å². The van der Waals surface area contributed by atoms with Crippen molar-refractivity contribution in [3.05, 3.63) is 119 Å². The topological polar surface area (TPSA) is 34.5 Å². The third-order valence-corrected chi connectivity index (χ3v) is 6.94. The molecule has 0 aliphatic carbocycles. The zero-order valence-corrected chi connectivity index (χ0v) is 19.2. The molecule has 0 saturated carbocycles. The van der Waals surface area contributed by atoms with Crippen LogP contribution in [0.2, 0.25) is 5.15 Å². The fraction of sp³-hybridized carbons (Fsp3) is 0.111. The lowest BCUT2D eigenvalue weighted by molar-refractivity contribution is 0.306. The zero-order valence-electron chi connectivity index (χ0n) is 17.6. The Hall–Kier alpha value is -3.15. The number of para-hydroxylation sites is 1. The number of hydrogen-bond acceptors (Lipinski definition) is 4. The van der Waals surface area contributed by atoms with Gasteiger partial charge in [0.25, 0.3) is 0 Å². The molecule has 0 amide bonds. The molecule has 33 heavy (non-hydrogen) atoms. The quantitative estimate of drug-likeness (QED) is 0.276. The Morgan fingerprint density at radius 3 is 2.48 bits per heavy atom. The first-order valence-corrected chi connectivity index (χ1v) is 11.8. The summed E-state index contributed by atoms with van der Waals surface area (Å²) in [5.74, 6) is 0.546. The molecule has 1 aliphatic heterocycles. The lowest BCUT2D eigenvalue weighted by atomic mass is 10.0. The van der Waals surface area contributed by atoms with E-state index in [1.165, 1.54) is 12.1 Å². The molecular formula is C27H20ClFN2OS. The van der Waals surface area contributed by atoms with Crippen molar-refractivity contribution in [1.29, 1.82) is 0 Å². The molecule has 4 aromatic rings. The van der Waals surface area contributed by atoms with E-state index >= 15 is 0 Å². The first kappa shape index (κ1) is 21.7. The van der Waals surface area contributed by atoms with Crippen molar-refractivity contribution in [3.63, 3.8) is 0 Å². The van der Waals surface area contributed by atoms with Crippen molar-refractivity contribution >= 4 is 34.8 Å². The minimum Gasteiger partial charge on any atom is -0.489 e. The van der Waals surface area contributed by atoms with E-state index in [9.17, 15) is 4.39 Å². The summed E-state index contributed by atoms with van der Waals surface area (Å²) in [7, 11) is 0. The fourth-order valence-electron chi connectivity index (χ4n) is 3.66. The zero-order chi connectivity index (χ0) is 22.6. The van der Waals surface area contributed by atoms with Crippen LogP contribution in [0.1, 0.15) is 28.4 Å². The van der Waals surface area contributed by atoms with Crippen molar-refractivity contribution in [2.45, 2.75) is 23.2 Å². The van der Waals surface area contributed by atoms with Gasteiger partial charge in [0.2, 0.25) is 0 Å². The molecule has 1 unspecified atom stereocenters. The number of nitrogens with zero attached hydrogens (tertiary/aromatic N) is 2. The molecule has 1 aromatic heterocycles. The predicted molar refractivity (Wildman–Crippen MR) is 132 cm³/mol. The van der Waals surface area contributed by atoms with E-state index in [1.807, 2.05) is 60.7 Å². The Balaban J connectivity index is 1.38. The molecular weight excluding hydrogens is 455 g/mol. The number of benzene rings is 3. The van der Waals surface area contributed by atoms with E-state index in [0.29, 0.717) is 11.8 Å². The molecule has 0 fully saturated rings. The maximum absolute atomic E-state index is 13.5. The summed E-state index contributed by atoms with van der Waals surface area (Å²) in [6, 6.07) is 26.5. The highest BCUT2D eigenvalue weighted by Crippen LogP contribution is 2.45. The minimum absolute atomic E-state index is 0.140. The number of fused-ring (bicyclic) bond motifs is 1. The standard InChI is InChI=1S/C27H20ClFN2OS/c28-27-14-5-18(16-30-27)17-32-22-12-8-19(9-13-22)24-15-26(20-6-10-21(29)11-7-20)33-25-4-2-1-3-23(25)31-24/h1-14,16,26H,15,17H2. The molecule has 5 rings (SSSR count). The van der Waals surface area contributed by atoms with Crippen molar-refractivity contribution in [2.24, 2.45) is 4.99 Å².